The quantitative estimate of drug-likeness (QED) is 0.387. The molecule has 0 saturated carbocycles. The molecule has 9 nitrogen and oxygen atoms in total. The van der Waals surface area contributed by atoms with Gasteiger partial charge in [0.1, 0.15) is 17.6 Å². The number of aromatic nitrogens is 2. The zero-order chi connectivity index (χ0) is 30.1. The van der Waals surface area contributed by atoms with Crippen molar-refractivity contribution in [1.29, 1.82) is 5.26 Å². The van der Waals surface area contributed by atoms with Crippen LogP contribution in [0.2, 0.25) is 5.02 Å². The maximum Gasteiger partial charge on any atom is 0.307 e. The zero-order valence-electron chi connectivity index (χ0n) is 23.4. The van der Waals surface area contributed by atoms with Gasteiger partial charge in [-0.3, -0.25) is 14.4 Å². The van der Waals surface area contributed by atoms with Crippen LogP contribution in [-0.4, -0.2) is 39.0 Å². The number of likely N-dealkylation sites (tertiary alicyclic amines) is 1. The molecule has 1 unspecified atom stereocenters. The third kappa shape index (κ3) is 6.41. The molecule has 0 bridgehead atoms. The smallest absolute Gasteiger partial charge is 0.307 e. The lowest BCUT2D eigenvalue weighted by Crippen LogP contribution is -2.52. The number of hydrogen-bond acceptors (Lipinski definition) is 6. The maximum absolute atomic E-state index is 14.2. The van der Waals surface area contributed by atoms with E-state index in [9.17, 15) is 24.0 Å². The minimum Gasteiger partial charge on any atom is -0.451 e. The number of hydrogen-bond donors (Lipinski definition) is 2. The first kappa shape index (κ1) is 29.7. The molecule has 4 rings (SSSR count). The normalized spacial score (nSPS) is 17.6. The van der Waals surface area contributed by atoms with Crippen LogP contribution in [0.15, 0.2) is 47.3 Å². The monoisotopic (exact) mass is 579 g/mol. The molecule has 41 heavy (non-hydrogen) atoms. The van der Waals surface area contributed by atoms with Gasteiger partial charge in [0.2, 0.25) is 5.91 Å². The fraction of sp³-hybridized carbons (Fsp3) is 0.367. The van der Waals surface area contributed by atoms with Gasteiger partial charge in [-0.15, -0.1) is 0 Å². The van der Waals surface area contributed by atoms with Crippen LogP contribution in [0.3, 0.4) is 0 Å². The molecule has 0 aliphatic carbocycles. The highest BCUT2D eigenvalue weighted by molar-refractivity contribution is 6.30. The molecule has 2 aromatic carbocycles. The molecule has 1 aromatic heterocycles. The lowest BCUT2D eigenvalue weighted by Gasteiger charge is -2.38. The first-order valence-electron chi connectivity index (χ1n) is 13.2. The van der Waals surface area contributed by atoms with E-state index in [1.807, 2.05) is 0 Å². The predicted octanol–water partition coefficient (Wildman–Crippen LogP) is 5.37. The van der Waals surface area contributed by atoms with Gasteiger partial charge >= 0.3 is 5.56 Å². The molecule has 1 fully saturated rings. The molecule has 11 heteroatoms. The summed E-state index contributed by atoms with van der Waals surface area (Å²) >= 11 is 6.11. The van der Waals surface area contributed by atoms with E-state index in [4.69, 9.17) is 16.3 Å². The van der Waals surface area contributed by atoms with Gasteiger partial charge in [0.15, 0.2) is 5.75 Å². The summed E-state index contributed by atoms with van der Waals surface area (Å²) in [5.41, 5.74) is 0.637. The van der Waals surface area contributed by atoms with Crippen LogP contribution in [0.25, 0.3) is 0 Å². The fourth-order valence-electron chi connectivity index (χ4n) is 5.14. The number of benzene rings is 2. The maximum atomic E-state index is 14.2. The van der Waals surface area contributed by atoms with E-state index in [0.29, 0.717) is 35.4 Å². The first-order valence-corrected chi connectivity index (χ1v) is 13.5. The van der Waals surface area contributed by atoms with Gasteiger partial charge < -0.3 is 15.0 Å². The van der Waals surface area contributed by atoms with Crippen molar-refractivity contribution in [2.45, 2.75) is 65.6 Å². The van der Waals surface area contributed by atoms with E-state index in [0.717, 1.165) is 0 Å². The Morgan fingerprint density at radius 2 is 1.93 bits per heavy atom. The number of amides is 2. The van der Waals surface area contributed by atoms with Crippen molar-refractivity contribution in [3.8, 4) is 17.6 Å². The average molecular weight is 580 g/mol. The highest BCUT2D eigenvalue weighted by atomic mass is 35.5. The zero-order valence-corrected chi connectivity index (χ0v) is 24.2. The van der Waals surface area contributed by atoms with Crippen molar-refractivity contribution >= 4 is 23.4 Å². The number of carbonyl (C=O) groups is 2. The van der Waals surface area contributed by atoms with E-state index >= 15 is 0 Å². The molecule has 3 atom stereocenters. The summed E-state index contributed by atoms with van der Waals surface area (Å²) in [6.45, 7) is 8.54. The van der Waals surface area contributed by atoms with Gasteiger partial charge in [0, 0.05) is 16.7 Å². The van der Waals surface area contributed by atoms with E-state index in [-0.39, 0.29) is 16.3 Å². The summed E-state index contributed by atoms with van der Waals surface area (Å²) in [5.74, 6) is -0.934. The molecule has 1 aliphatic heterocycles. The van der Waals surface area contributed by atoms with Crippen molar-refractivity contribution in [1.82, 2.24) is 20.4 Å². The number of nitriles is 1. The fourth-order valence-corrected chi connectivity index (χ4v) is 5.37. The molecule has 2 amide bonds. The van der Waals surface area contributed by atoms with Gasteiger partial charge in [-0.05, 0) is 95.0 Å². The number of aryl methyl sites for hydroxylation is 2. The second-order valence-corrected chi connectivity index (χ2v) is 11.3. The molecule has 1 saturated heterocycles. The minimum atomic E-state index is -0.946. The van der Waals surface area contributed by atoms with Gasteiger partial charge in [-0.2, -0.15) is 10.4 Å². The predicted molar refractivity (Wildman–Crippen MR) is 151 cm³/mol. The third-order valence-electron chi connectivity index (χ3n) is 7.30. The summed E-state index contributed by atoms with van der Waals surface area (Å²) in [5, 5.41) is 19.0. The number of nitrogens with one attached hydrogen (secondary N) is 2. The van der Waals surface area contributed by atoms with Crippen molar-refractivity contribution in [3.05, 3.63) is 86.0 Å². The average Bonchev–Trinajstić information content (AvgIpc) is 3.37. The number of aromatic amines is 1. The van der Waals surface area contributed by atoms with Crippen LogP contribution in [0, 0.1) is 36.4 Å². The van der Waals surface area contributed by atoms with Crippen LogP contribution in [-0.2, 0) is 4.79 Å². The summed E-state index contributed by atoms with van der Waals surface area (Å²) in [6.07, 6.45) is 1.05. The Morgan fingerprint density at radius 1 is 1.20 bits per heavy atom. The highest BCUT2D eigenvalue weighted by Gasteiger charge is 2.46. The van der Waals surface area contributed by atoms with Crippen molar-refractivity contribution in [2.75, 3.05) is 0 Å². The Kier molecular flexibility index (Phi) is 8.50. The Labute approximate surface area is 242 Å². The van der Waals surface area contributed by atoms with Crippen molar-refractivity contribution < 1.29 is 18.7 Å². The second-order valence-electron chi connectivity index (χ2n) is 10.9. The third-order valence-corrected chi connectivity index (χ3v) is 7.52. The molecule has 1 aliphatic rings. The lowest BCUT2D eigenvalue weighted by atomic mass is 9.84. The molecular weight excluding hydrogens is 549 g/mol. The number of carbonyl (C=O) groups excluding carboxylic acids is 2. The highest BCUT2D eigenvalue weighted by Crippen LogP contribution is 2.44. The second kappa shape index (κ2) is 11.7. The van der Waals surface area contributed by atoms with Crippen LogP contribution < -0.4 is 15.6 Å². The van der Waals surface area contributed by atoms with Crippen LogP contribution in [0.1, 0.15) is 66.8 Å². The summed E-state index contributed by atoms with van der Waals surface area (Å²) in [6, 6.07) is 10.7. The Hall–Kier alpha value is -4.23. The number of rotatable bonds is 7. The number of nitrogens with zero attached hydrogens (tertiary/aromatic N) is 3. The standard InChI is InChI=1S/C30H31ClFN5O4/c1-16-10-19(6-8-24(16)41-25-11-17(2)35-36-28(25)39)27(38)34-18(3)29(40)37-23(7-9-26(37)30(4,5)15-33)20-12-21(31)14-22(32)13-20/h6,8,10-14,18,23,26H,7,9H2,1-5H3,(H,34,38)(H,36,39)/t18-,23+,26?/m1/s1. The largest absolute Gasteiger partial charge is 0.451 e. The lowest BCUT2D eigenvalue weighted by molar-refractivity contribution is -0.137. The molecule has 214 valence electrons. The summed E-state index contributed by atoms with van der Waals surface area (Å²) < 4.78 is 19.9. The summed E-state index contributed by atoms with van der Waals surface area (Å²) in [4.78, 5) is 40.6. The van der Waals surface area contributed by atoms with Gasteiger partial charge in [0.05, 0.1) is 29.3 Å². The molecule has 2 N–H and O–H groups in total. The Morgan fingerprint density at radius 3 is 2.59 bits per heavy atom. The van der Waals surface area contributed by atoms with Gasteiger partial charge in [-0.1, -0.05) is 11.6 Å². The molecular formula is C30H31ClFN5O4. The van der Waals surface area contributed by atoms with E-state index in [2.05, 4.69) is 21.6 Å². The number of ether oxygens (including phenoxy) is 1. The van der Waals surface area contributed by atoms with Crippen LogP contribution in [0.4, 0.5) is 4.39 Å². The van der Waals surface area contributed by atoms with E-state index in [1.54, 1.807) is 57.7 Å². The topological polar surface area (TPSA) is 128 Å². The minimum absolute atomic E-state index is 0.0756. The first-order chi connectivity index (χ1) is 19.3. The molecule has 3 aromatic rings. The Bertz CT molecular complexity index is 1580. The SMILES string of the molecule is Cc1cc(Oc2ccc(C(=O)N[C@H](C)C(=O)N3C(C(C)(C)C#N)CC[C@H]3c3cc(F)cc(Cl)c3)cc2C)c(=O)[nH]n1. The number of halogens is 2. The van der Waals surface area contributed by atoms with E-state index < -0.39 is 46.7 Å². The van der Waals surface area contributed by atoms with Crippen LogP contribution in [0.5, 0.6) is 11.5 Å². The molecule has 2 heterocycles. The molecule has 0 spiro atoms. The van der Waals surface area contributed by atoms with Crippen molar-refractivity contribution in [3.63, 3.8) is 0 Å². The Balaban J connectivity index is 1.55. The van der Waals surface area contributed by atoms with E-state index in [1.165, 1.54) is 24.3 Å². The number of H-pyrrole nitrogens is 1. The van der Waals surface area contributed by atoms with Crippen molar-refractivity contribution in [2.24, 2.45) is 5.41 Å². The summed E-state index contributed by atoms with van der Waals surface area (Å²) in [7, 11) is 0. The van der Waals surface area contributed by atoms with Crippen LogP contribution >= 0.6 is 11.6 Å². The van der Waals surface area contributed by atoms with Gasteiger partial charge in [0.25, 0.3) is 5.91 Å². The molecule has 0 radical (unpaired) electrons. The van der Waals surface area contributed by atoms with Gasteiger partial charge in [-0.25, -0.2) is 9.49 Å².